The van der Waals surface area contributed by atoms with Gasteiger partial charge in [-0.05, 0) is 24.2 Å². The van der Waals surface area contributed by atoms with E-state index in [0.29, 0.717) is 36.8 Å². The fourth-order valence-corrected chi connectivity index (χ4v) is 4.95. The molecule has 1 saturated heterocycles. The zero-order valence-corrected chi connectivity index (χ0v) is 11.1. The van der Waals surface area contributed by atoms with Crippen LogP contribution < -0.4 is 0 Å². The second kappa shape index (κ2) is 3.26. The van der Waals surface area contributed by atoms with Crippen LogP contribution in [0.5, 0.6) is 0 Å². The van der Waals surface area contributed by atoms with Gasteiger partial charge in [0.15, 0.2) is 5.79 Å². The first-order valence-electron chi connectivity index (χ1n) is 7.04. The summed E-state index contributed by atoms with van der Waals surface area (Å²) in [5.41, 5.74) is 1.53. The summed E-state index contributed by atoms with van der Waals surface area (Å²) in [4.78, 5) is 11.9. The van der Waals surface area contributed by atoms with E-state index in [9.17, 15) is 4.79 Å². The minimum Gasteiger partial charge on any atom is -0.347 e. The number of hydrogen-bond acceptors (Lipinski definition) is 3. The summed E-state index contributed by atoms with van der Waals surface area (Å²) in [5, 5.41) is 0. The standard InChI is InChI=1S/C15H20O3/c1-9-5-13-11-6-10(16)7-12(11)14(9,2)8-15(13)17-3-4-18-15/h5,11-13H,3-4,6-8H2,1-2H3. The molecule has 3 heteroatoms. The minimum absolute atomic E-state index is 0.0932. The second-order valence-electron chi connectivity index (χ2n) is 6.70. The molecule has 5 aliphatic rings. The average Bonchev–Trinajstić information content (AvgIpc) is 2.90. The number of hydrogen-bond donors (Lipinski definition) is 0. The molecule has 2 bridgehead atoms. The van der Waals surface area contributed by atoms with Gasteiger partial charge in [0.2, 0.25) is 0 Å². The first-order chi connectivity index (χ1) is 8.55. The maximum Gasteiger partial charge on any atom is 0.175 e. The van der Waals surface area contributed by atoms with Gasteiger partial charge in [0.05, 0.1) is 13.2 Å². The minimum atomic E-state index is -0.417. The van der Waals surface area contributed by atoms with E-state index in [1.807, 2.05) is 0 Å². The molecule has 4 unspecified atom stereocenters. The number of allylic oxidation sites excluding steroid dienone is 1. The lowest BCUT2D eigenvalue weighted by Gasteiger charge is -2.58. The highest BCUT2D eigenvalue weighted by molar-refractivity contribution is 5.82. The molecular weight excluding hydrogens is 228 g/mol. The molecule has 0 aromatic rings. The highest BCUT2D eigenvalue weighted by Crippen LogP contribution is 2.65. The first-order valence-corrected chi connectivity index (χ1v) is 7.04. The summed E-state index contributed by atoms with van der Waals surface area (Å²) in [5.74, 6) is 1.26. The Labute approximate surface area is 108 Å². The Kier molecular flexibility index (Phi) is 2.02. The Hall–Kier alpha value is -0.670. The number of ketones is 1. The van der Waals surface area contributed by atoms with Crippen LogP contribution in [0.3, 0.4) is 0 Å². The number of Topliss-reactive ketones (excluding diaryl/α,β-unsaturated/α-hetero) is 1. The van der Waals surface area contributed by atoms with Crippen molar-refractivity contribution in [3.63, 3.8) is 0 Å². The lowest BCUT2D eigenvalue weighted by atomic mass is 9.50. The van der Waals surface area contributed by atoms with Crippen LogP contribution in [0.1, 0.15) is 33.1 Å². The zero-order valence-electron chi connectivity index (χ0n) is 11.1. The van der Waals surface area contributed by atoms with E-state index in [2.05, 4.69) is 19.9 Å². The molecule has 4 atom stereocenters. The van der Waals surface area contributed by atoms with Gasteiger partial charge in [-0.25, -0.2) is 0 Å². The molecule has 1 heterocycles. The highest BCUT2D eigenvalue weighted by atomic mass is 16.7. The molecule has 0 radical (unpaired) electrons. The van der Waals surface area contributed by atoms with Crippen LogP contribution >= 0.6 is 0 Å². The molecule has 5 rings (SSSR count). The van der Waals surface area contributed by atoms with Crippen LogP contribution in [0.4, 0.5) is 0 Å². The molecule has 2 saturated carbocycles. The van der Waals surface area contributed by atoms with Gasteiger partial charge in [0.1, 0.15) is 5.78 Å². The normalized spacial score (nSPS) is 48.7. The van der Waals surface area contributed by atoms with Crippen molar-refractivity contribution >= 4 is 5.78 Å². The smallest absolute Gasteiger partial charge is 0.175 e. The maximum atomic E-state index is 11.9. The van der Waals surface area contributed by atoms with Crippen LogP contribution in [0.25, 0.3) is 0 Å². The molecule has 1 spiro atoms. The molecule has 0 aromatic carbocycles. The van der Waals surface area contributed by atoms with E-state index in [-0.39, 0.29) is 5.41 Å². The fourth-order valence-electron chi connectivity index (χ4n) is 4.95. The molecule has 0 aromatic heterocycles. The molecule has 98 valence electrons. The van der Waals surface area contributed by atoms with Gasteiger partial charge in [0.25, 0.3) is 0 Å². The monoisotopic (exact) mass is 248 g/mol. The zero-order chi connectivity index (χ0) is 12.5. The number of carbonyl (C=O) groups is 1. The molecule has 3 nitrogen and oxygen atoms in total. The van der Waals surface area contributed by atoms with Crippen LogP contribution in [0.2, 0.25) is 0 Å². The third-order valence-electron chi connectivity index (χ3n) is 5.94. The average molecular weight is 248 g/mol. The number of ether oxygens (including phenoxy) is 2. The largest absolute Gasteiger partial charge is 0.347 e. The third kappa shape index (κ3) is 1.15. The van der Waals surface area contributed by atoms with Gasteiger partial charge in [-0.3, -0.25) is 4.79 Å². The topological polar surface area (TPSA) is 35.5 Å². The van der Waals surface area contributed by atoms with Crippen LogP contribution in [0, 0.1) is 23.2 Å². The second-order valence-corrected chi connectivity index (χ2v) is 6.70. The highest BCUT2D eigenvalue weighted by Gasteiger charge is 2.65. The van der Waals surface area contributed by atoms with Crippen molar-refractivity contribution in [2.24, 2.45) is 23.2 Å². The Morgan fingerprint density at radius 3 is 2.72 bits per heavy atom. The molecule has 18 heavy (non-hydrogen) atoms. The molecule has 0 amide bonds. The van der Waals surface area contributed by atoms with Crippen molar-refractivity contribution in [3.8, 4) is 0 Å². The molecular formula is C15H20O3. The Bertz CT molecular complexity index is 447. The van der Waals surface area contributed by atoms with E-state index >= 15 is 0 Å². The van der Waals surface area contributed by atoms with Gasteiger partial charge in [-0.15, -0.1) is 0 Å². The summed E-state index contributed by atoms with van der Waals surface area (Å²) >= 11 is 0. The summed E-state index contributed by atoms with van der Waals surface area (Å²) < 4.78 is 12.0. The van der Waals surface area contributed by atoms with Crippen LogP contribution in [-0.4, -0.2) is 24.8 Å². The lowest BCUT2D eigenvalue weighted by molar-refractivity contribution is -0.250. The van der Waals surface area contributed by atoms with Crippen LogP contribution in [0.15, 0.2) is 11.6 Å². The molecule has 1 aliphatic heterocycles. The Morgan fingerprint density at radius 1 is 1.28 bits per heavy atom. The molecule has 4 aliphatic carbocycles. The number of carbonyl (C=O) groups excluding carboxylic acids is 1. The quantitative estimate of drug-likeness (QED) is 0.617. The van der Waals surface area contributed by atoms with Gasteiger partial charge in [-0.2, -0.15) is 0 Å². The van der Waals surface area contributed by atoms with E-state index in [1.165, 1.54) is 5.57 Å². The third-order valence-corrected chi connectivity index (χ3v) is 5.94. The van der Waals surface area contributed by atoms with Crippen molar-refractivity contribution in [2.75, 3.05) is 13.2 Å². The van der Waals surface area contributed by atoms with Crippen molar-refractivity contribution in [1.82, 2.24) is 0 Å². The SMILES string of the molecule is CC1=CC2C3CC(=O)CC3C1(C)CC21OCCO1. The van der Waals surface area contributed by atoms with Gasteiger partial charge >= 0.3 is 0 Å². The van der Waals surface area contributed by atoms with Crippen molar-refractivity contribution in [1.29, 1.82) is 0 Å². The predicted octanol–water partition coefficient (Wildman–Crippen LogP) is 2.31. The maximum absolute atomic E-state index is 11.9. The summed E-state index contributed by atoms with van der Waals surface area (Å²) in [6.45, 7) is 5.92. The first kappa shape index (κ1) is 11.2. The Balaban J connectivity index is 1.84. The summed E-state index contributed by atoms with van der Waals surface area (Å²) in [6, 6.07) is 0. The van der Waals surface area contributed by atoms with E-state index in [4.69, 9.17) is 9.47 Å². The van der Waals surface area contributed by atoms with E-state index in [1.54, 1.807) is 0 Å². The van der Waals surface area contributed by atoms with Crippen molar-refractivity contribution in [3.05, 3.63) is 11.6 Å². The van der Waals surface area contributed by atoms with Gasteiger partial charge < -0.3 is 9.47 Å². The summed E-state index contributed by atoms with van der Waals surface area (Å²) in [7, 11) is 0. The van der Waals surface area contributed by atoms with E-state index < -0.39 is 5.79 Å². The summed E-state index contributed by atoms with van der Waals surface area (Å²) in [6.07, 6.45) is 4.76. The predicted molar refractivity (Wildman–Crippen MR) is 65.8 cm³/mol. The van der Waals surface area contributed by atoms with Crippen molar-refractivity contribution in [2.45, 2.75) is 38.9 Å². The molecule has 0 N–H and O–H groups in total. The van der Waals surface area contributed by atoms with E-state index in [0.717, 1.165) is 19.3 Å². The van der Waals surface area contributed by atoms with Crippen LogP contribution in [-0.2, 0) is 14.3 Å². The fraction of sp³-hybridized carbons (Fsp3) is 0.800. The lowest BCUT2D eigenvalue weighted by Crippen LogP contribution is -2.58. The number of rotatable bonds is 0. The Morgan fingerprint density at radius 2 is 2.00 bits per heavy atom. The van der Waals surface area contributed by atoms with Gasteiger partial charge in [-0.1, -0.05) is 18.6 Å². The molecule has 3 fully saturated rings. The van der Waals surface area contributed by atoms with Gasteiger partial charge in [0, 0.05) is 25.2 Å². The van der Waals surface area contributed by atoms with Crippen molar-refractivity contribution < 1.29 is 14.3 Å².